The number of nitrogens with zero attached hydrogens (tertiary/aromatic N) is 1. The Kier molecular flexibility index (Phi) is 11.6. The summed E-state index contributed by atoms with van der Waals surface area (Å²) in [6.07, 6.45) is 14.6. The zero-order chi connectivity index (χ0) is 26.5. The van der Waals surface area contributed by atoms with Gasteiger partial charge < -0.3 is 15.1 Å². The molecule has 0 spiro atoms. The summed E-state index contributed by atoms with van der Waals surface area (Å²) in [7, 11) is 0. The molecule has 1 saturated carbocycles. The third-order valence-corrected chi connectivity index (χ3v) is 7.25. The number of hydrogen-bond acceptors (Lipinski definition) is 3. The Morgan fingerprint density at radius 1 is 0.973 bits per heavy atom. The molecular formula is C32H41NO4. The summed E-state index contributed by atoms with van der Waals surface area (Å²) in [5.41, 5.74) is 2.17. The zero-order valence-electron chi connectivity index (χ0n) is 22.2. The van der Waals surface area contributed by atoms with Gasteiger partial charge in [-0.25, -0.2) is 4.79 Å². The minimum Gasteiger partial charge on any atom is -0.507 e. The normalized spacial score (nSPS) is 13.2. The summed E-state index contributed by atoms with van der Waals surface area (Å²) >= 11 is 0. The van der Waals surface area contributed by atoms with Gasteiger partial charge in [0.25, 0.3) is 0 Å². The second kappa shape index (κ2) is 15.1. The van der Waals surface area contributed by atoms with Gasteiger partial charge in [0.15, 0.2) is 0 Å². The molecule has 2 aromatic rings. The van der Waals surface area contributed by atoms with Gasteiger partial charge in [-0.1, -0.05) is 88.7 Å². The molecule has 5 nitrogen and oxygen atoms in total. The second-order valence-electron chi connectivity index (χ2n) is 10.2. The van der Waals surface area contributed by atoms with Crippen LogP contribution in [0.3, 0.4) is 0 Å². The molecule has 198 valence electrons. The molecule has 5 heteroatoms. The fourth-order valence-electron chi connectivity index (χ4n) is 4.98. The van der Waals surface area contributed by atoms with E-state index in [1.165, 1.54) is 69.9 Å². The SMILES string of the molecule is CCCCCCCCC#Cc1ccc(CN(C(=O)CCC2CCCC2)c2ccc(O)c(C(=O)O)c2)cc1. The van der Waals surface area contributed by atoms with Crippen LogP contribution >= 0.6 is 0 Å². The van der Waals surface area contributed by atoms with Crippen molar-refractivity contribution in [2.45, 2.75) is 96.9 Å². The van der Waals surface area contributed by atoms with Crippen molar-refractivity contribution in [3.8, 4) is 17.6 Å². The first-order valence-corrected chi connectivity index (χ1v) is 13.9. The van der Waals surface area contributed by atoms with Gasteiger partial charge in [-0.2, -0.15) is 0 Å². The van der Waals surface area contributed by atoms with Crippen LogP contribution in [0.2, 0.25) is 0 Å². The molecule has 1 aliphatic carbocycles. The Morgan fingerprint density at radius 3 is 2.38 bits per heavy atom. The van der Waals surface area contributed by atoms with Crippen molar-refractivity contribution < 1.29 is 19.8 Å². The van der Waals surface area contributed by atoms with E-state index in [4.69, 9.17) is 0 Å². The number of hydrogen-bond donors (Lipinski definition) is 2. The van der Waals surface area contributed by atoms with Gasteiger partial charge in [0.2, 0.25) is 5.91 Å². The van der Waals surface area contributed by atoms with Crippen molar-refractivity contribution in [1.29, 1.82) is 0 Å². The van der Waals surface area contributed by atoms with Crippen molar-refractivity contribution >= 4 is 17.6 Å². The summed E-state index contributed by atoms with van der Waals surface area (Å²) in [4.78, 5) is 26.5. The van der Waals surface area contributed by atoms with Gasteiger partial charge in [0.1, 0.15) is 11.3 Å². The molecule has 0 aromatic heterocycles. The molecule has 0 unspecified atom stereocenters. The molecule has 1 amide bonds. The smallest absolute Gasteiger partial charge is 0.339 e. The predicted octanol–water partition coefficient (Wildman–Crippen LogP) is 7.70. The van der Waals surface area contributed by atoms with Crippen molar-refractivity contribution in [2.75, 3.05) is 4.90 Å². The maximum Gasteiger partial charge on any atom is 0.339 e. The Hall–Kier alpha value is -3.26. The topological polar surface area (TPSA) is 77.8 Å². The molecule has 0 aliphatic heterocycles. The third kappa shape index (κ3) is 9.28. The summed E-state index contributed by atoms with van der Waals surface area (Å²) in [5.74, 6) is 5.54. The van der Waals surface area contributed by atoms with Crippen LogP contribution in [-0.4, -0.2) is 22.1 Å². The molecule has 0 atom stereocenters. The highest BCUT2D eigenvalue weighted by atomic mass is 16.4. The Labute approximate surface area is 221 Å². The maximum atomic E-state index is 13.3. The Morgan fingerprint density at radius 2 is 1.68 bits per heavy atom. The van der Waals surface area contributed by atoms with Gasteiger partial charge >= 0.3 is 5.97 Å². The maximum absolute atomic E-state index is 13.3. The molecule has 0 bridgehead atoms. The minimum atomic E-state index is -1.22. The van der Waals surface area contributed by atoms with Crippen LogP contribution in [0.25, 0.3) is 0 Å². The molecule has 0 heterocycles. The first-order chi connectivity index (χ1) is 18.0. The first-order valence-electron chi connectivity index (χ1n) is 13.9. The van der Waals surface area contributed by atoms with Crippen molar-refractivity contribution in [3.63, 3.8) is 0 Å². The minimum absolute atomic E-state index is 0.0308. The summed E-state index contributed by atoms with van der Waals surface area (Å²) in [6.45, 7) is 2.56. The van der Waals surface area contributed by atoms with Crippen LogP contribution in [0.15, 0.2) is 42.5 Å². The number of rotatable bonds is 13. The van der Waals surface area contributed by atoms with Crippen LogP contribution in [-0.2, 0) is 11.3 Å². The van der Waals surface area contributed by atoms with E-state index in [1.54, 1.807) is 11.0 Å². The number of carbonyl (C=O) groups excluding carboxylic acids is 1. The van der Waals surface area contributed by atoms with E-state index in [-0.39, 0.29) is 17.2 Å². The van der Waals surface area contributed by atoms with Crippen molar-refractivity contribution in [3.05, 3.63) is 59.2 Å². The highest BCUT2D eigenvalue weighted by Gasteiger charge is 2.22. The van der Waals surface area contributed by atoms with E-state index in [0.29, 0.717) is 24.6 Å². The van der Waals surface area contributed by atoms with Gasteiger partial charge in [-0.3, -0.25) is 4.79 Å². The van der Waals surface area contributed by atoms with Crippen LogP contribution in [0.1, 0.15) is 112 Å². The van der Waals surface area contributed by atoms with Crippen molar-refractivity contribution in [1.82, 2.24) is 0 Å². The van der Waals surface area contributed by atoms with E-state index in [1.807, 2.05) is 24.3 Å². The molecule has 1 aliphatic rings. The van der Waals surface area contributed by atoms with Gasteiger partial charge in [-0.15, -0.1) is 0 Å². The number of benzene rings is 2. The van der Waals surface area contributed by atoms with Crippen LogP contribution in [0.4, 0.5) is 5.69 Å². The van der Waals surface area contributed by atoms with Crippen LogP contribution in [0.5, 0.6) is 5.75 Å². The van der Waals surface area contributed by atoms with Gasteiger partial charge in [-0.05, 0) is 54.7 Å². The molecule has 1 fully saturated rings. The average Bonchev–Trinajstić information content (AvgIpc) is 3.42. The highest BCUT2D eigenvalue weighted by molar-refractivity contribution is 5.97. The second-order valence-corrected chi connectivity index (χ2v) is 10.2. The quantitative estimate of drug-likeness (QED) is 0.217. The summed E-state index contributed by atoms with van der Waals surface area (Å²) in [5, 5.41) is 19.4. The molecular weight excluding hydrogens is 462 g/mol. The summed E-state index contributed by atoms with van der Waals surface area (Å²) < 4.78 is 0. The Balaban J connectivity index is 1.65. The van der Waals surface area contributed by atoms with E-state index in [9.17, 15) is 19.8 Å². The van der Waals surface area contributed by atoms with E-state index < -0.39 is 5.97 Å². The van der Waals surface area contributed by atoms with E-state index >= 15 is 0 Å². The van der Waals surface area contributed by atoms with Gasteiger partial charge in [0.05, 0.1) is 6.54 Å². The van der Waals surface area contributed by atoms with E-state index in [2.05, 4.69) is 18.8 Å². The largest absolute Gasteiger partial charge is 0.507 e. The molecule has 0 saturated heterocycles. The number of aromatic hydroxyl groups is 1. The number of carbonyl (C=O) groups is 2. The van der Waals surface area contributed by atoms with Crippen LogP contribution < -0.4 is 4.90 Å². The predicted molar refractivity (Wildman–Crippen MR) is 149 cm³/mol. The van der Waals surface area contributed by atoms with E-state index in [0.717, 1.165) is 30.4 Å². The standard InChI is InChI=1S/C32H41NO4/c1-2-3-4-5-6-7-8-9-12-26-15-17-27(18-16-26)24-33(31(35)22-19-25-13-10-11-14-25)28-20-21-30(34)29(23-28)32(36)37/h15-18,20-21,23,25,34H,2-8,10-11,13-14,19,22,24H2,1H3,(H,36,37). The fraction of sp³-hybridized carbons (Fsp3) is 0.500. The average molecular weight is 504 g/mol. The number of aromatic carboxylic acids is 1. The molecule has 0 radical (unpaired) electrons. The lowest BCUT2D eigenvalue weighted by atomic mass is 10.0. The van der Waals surface area contributed by atoms with Crippen LogP contribution in [0, 0.1) is 17.8 Å². The Bertz CT molecular complexity index is 1070. The molecule has 3 rings (SSSR count). The number of amides is 1. The fourth-order valence-corrected chi connectivity index (χ4v) is 4.98. The number of carboxylic acid groups (broad SMARTS) is 1. The zero-order valence-corrected chi connectivity index (χ0v) is 22.2. The number of unbranched alkanes of at least 4 members (excludes halogenated alkanes) is 6. The lowest BCUT2D eigenvalue weighted by molar-refractivity contribution is -0.119. The van der Waals surface area contributed by atoms with Crippen molar-refractivity contribution in [2.24, 2.45) is 5.92 Å². The lowest BCUT2D eigenvalue weighted by Gasteiger charge is -2.24. The molecule has 37 heavy (non-hydrogen) atoms. The first kappa shape index (κ1) is 28.3. The summed E-state index contributed by atoms with van der Waals surface area (Å²) in [6, 6.07) is 12.2. The molecule has 2 aromatic carbocycles. The number of carboxylic acids is 1. The lowest BCUT2D eigenvalue weighted by Crippen LogP contribution is -2.30. The molecule has 2 N–H and O–H groups in total. The van der Waals surface area contributed by atoms with Gasteiger partial charge in [0, 0.05) is 24.1 Å². The number of anilines is 1. The highest BCUT2D eigenvalue weighted by Crippen LogP contribution is 2.30. The third-order valence-electron chi connectivity index (χ3n) is 7.25. The number of phenols is 1. The monoisotopic (exact) mass is 503 g/mol.